The molecule has 8 nitrogen and oxygen atoms in total. The number of morpholine rings is 1. The van der Waals surface area contributed by atoms with Crippen LogP contribution in [0.15, 0.2) is 42.5 Å². The number of hydroxylamine groups is 1. The number of rotatable bonds is 6. The summed E-state index contributed by atoms with van der Waals surface area (Å²) >= 11 is 0. The van der Waals surface area contributed by atoms with Crippen LogP contribution in [0.5, 0.6) is 5.75 Å². The lowest BCUT2D eigenvalue weighted by Crippen LogP contribution is -2.38. The summed E-state index contributed by atoms with van der Waals surface area (Å²) in [6.45, 7) is 4.82. The van der Waals surface area contributed by atoms with E-state index in [4.69, 9.17) is 14.7 Å². The number of aromatic nitrogens is 2. The molecule has 0 aliphatic carbocycles. The van der Waals surface area contributed by atoms with Gasteiger partial charge >= 0.3 is 0 Å². The van der Waals surface area contributed by atoms with Gasteiger partial charge in [0.25, 0.3) is 5.91 Å². The zero-order valence-electron chi connectivity index (χ0n) is 15.4. The summed E-state index contributed by atoms with van der Waals surface area (Å²) in [5.41, 5.74) is 4.28. The third-order valence-corrected chi connectivity index (χ3v) is 4.76. The number of H-pyrrole nitrogens is 1. The fourth-order valence-corrected chi connectivity index (χ4v) is 3.24. The van der Waals surface area contributed by atoms with Crippen molar-refractivity contribution in [1.29, 1.82) is 0 Å². The van der Waals surface area contributed by atoms with E-state index in [9.17, 15) is 4.79 Å². The summed E-state index contributed by atoms with van der Waals surface area (Å²) in [6.07, 6.45) is 0. The number of amides is 1. The van der Waals surface area contributed by atoms with Gasteiger partial charge in [-0.15, -0.1) is 0 Å². The number of hydrogen-bond donors (Lipinski definition) is 3. The second kappa shape index (κ2) is 8.39. The van der Waals surface area contributed by atoms with Crippen LogP contribution >= 0.6 is 0 Å². The van der Waals surface area contributed by atoms with Gasteiger partial charge in [0.05, 0.1) is 29.8 Å². The molecular formula is C20H22N4O4. The Labute approximate surface area is 162 Å². The third kappa shape index (κ3) is 3.99. The molecule has 2 heterocycles. The molecule has 28 heavy (non-hydrogen) atoms. The minimum absolute atomic E-state index is 0.347. The number of fused-ring (bicyclic) bond motifs is 1. The van der Waals surface area contributed by atoms with Gasteiger partial charge in [0.15, 0.2) is 0 Å². The van der Waals surface area contributed by atoms with E-state index in [1.54, 1.807) is 23.7 Å². The third-order valence-electron chi connectivity index (χ3n) is 4.76. The van der Waals surface area contributed by atoms with E-state index in [1.807, 2.05) is 24.3 Å². The number of nitrogens with zero attached hydrogens (tertiary/aromatic N) is 2. The Balaban J connectivity index is 1.53. The maximum Gasteiger partial charge on any atom is 0.274 e. The fraction of sp³-hybridized carbons (Fsp3) is 0.300. The van der Waals surface area contributed by atoms with E-state index in [1.165, 1.54) is 0 Å². The molecule has 0 saturated carbocycles. The van der Waals surface area contributed by atoms with E-state index in [0.717, 1.165) is 49.7 Å². The molecule has 4 rings (SSSR count). The van der Waals surface area contributed by atoms with Gasteiger partial charge in [-0.3, -0.25) is 14.9 Å². The quantitative estimate of drug-likeness (QED) is 0.446. The van der Waals surface area contributed by atoms with Gasteiger partial charge in [0.2, 0.25) is 0 Å². The average Bonchev–Trinajstić information content (AvgIpc) is 3.17. The van der Waals surface area contributed by atoms with Crippen LogP contribution in [0.3, 0.4) is 0 Å². The number of carbonyl (C=O) groups excluding carboxylic acids is 1. The van der Waals surface area contributed by atoms with Crippen molar-refractivity contribution in [1.82, 2.24) is 20.3 Å². The topological polar surface area (TPSA) is 99.7 Å². The van der Waals surface area contributed by atoms with E-state index in [-0.39, 0.29) is 0 Å². The second-order valence-corrected chi connectivity index (χ2v) is 6.56. The van der Waals surface area contributed by atoms with Crippen molar-refractivity contribution in [2.24, 2.45) is 0 Å². The molecular weight excluding hydrogens is 360 g/mol. The molecule has 1 aliphatic rings. The monoisotopic (exact) mass is 382 g/mol. The maximum atomic E-state index is 11.6. The van der Waals surface area contributed by atoms with Crippen LogP contribution < -0.4 is 10.2 Å². The highest BCUT2D eigenvalue weighted by molar-refractivity contribution is 5.97. The van der Waals surface area contributed by atoms with Crippen molar-refractivity contribution < 1.29 is 19.5 Å². The highest BCUT2D eigenvalue weighted by atomic mass is 16.5. The SMILES string of the molecule is O=C(NO)c1ccc2nc(-c3ccccc3OCCN3CCOCC3)[nH]c2c1. The molecule has 1 saturated heterocycles. The summed E-state index contributed by atoms with van der Waals surface area (Å²) < 4.78 is 11.4. The summed E-state index contributed by atoms with van der Waals surface area (Å²) in [5.74, 6) is 0.853. The summed E-state index contributed by atoms with van der Waals surface area (Å²) in [6, 6.07) is 12.7. The molecule has 1 amide bonds. The van der Waals surface area contributed by atoms with Crippen molar-refractivity contribution >= 4 is 16.9 Å². The first kappa shape index (κ1) is 18.4. The standard InChI is InChI=1S/C20H22N4O4/c25-20(23-26)14-5-6-16-17(13-14)22-19(21-16)15-3-1-2-4-18(15)28-12-9-24-7-10-27-11-8-24/h1-6,13,26H,7-12H2,(H,21,22)(H,23,25). The van der Waals surface area contributed by atoms with Crippen LogP contribution in [0.2, 0.25) is 0 Å². The van der Waals surface area contributed by atoms with Crippen LogP contribution in [0.25, 0.3) is 22.4 Å². The average molecular weight is 382 g/mol. The van der Waals surface area contributed by atoms with Crippen molar-refractivity contribution in [3.8, 4) is 17.1 Å². The smallest absolute Gasteiger partial charge is 0.274 e. The normalized spacial score (nSPS) is 14.9. The van der Waals surface area contributed by atoms with Crippen molar-refractivity contribution in [2.45, 2.75) is 0 Å². The minimum atomic E-state index is -0.565. The highest BCUT2D eigenvalue weighted by Crippen LogP contribution is 2.29. The Kier molecular flexibility index (Phi) is 5.52. The van der Waals surface area contributed by atoms with Gasteiger partial charge in [-0.1, -0.05) is 12.1 Å². The van der Waals surface area contributed by atoms with Gasteiger partial charge in [-0.25, -0.2) is 10.5 Å². The van der Waals surface area contributed by atoms with Gasteiger partial charge < -0.3 is 14.5 Å². The van der Waals surface area contributed by atoms with Gasteiger partial charge in [-0.2, -0.15) is 0 Å². The molecule has 3 N–H and O–H groups in total. The Morgan fingerprint density at radius 2 is 2.07 bits per heavy atom. The summed E-state index contributed by atoms with van der Waals surface area (Å²) in [5, 5.41) is 8.80. The minimum Gasteiger partial charge on any atom is -0.491 e. The summed E-state index contributed by atoms with van der Waals surface area (Å²) in [7, 11) is 0. The first-order valence-corrected chi connectivity index (χ1v) is 9.21. The van der Waals surface area contributed by atoms with Crippen LogP contribution in [0, 0.1) is 0 Å². The molecule has 0 atom stereocenters. The zero-order valence-corrected chi connectivity index (χ0v) is 15.4. The molecule has 0 radical (unpaired) electrons. The molecule has 0 unspecified atom stereocenters. The summed E-state index contributed by atoms with van der Waals surface area (Å²) in [4.78, 5) is 21.8. The lowest BCUT2D eigenvalue weighted by atomic mass is 10.2. The molecule has 3 aromatic rings. The number of benzene rings is 2. The predicted molar refractivity (Wildman–Crippen MR) is 104 cm³/mol. The van der Waals surface area contributed by atoms with Crippen LogP contribution in [0.1, 0.15) is 10.4 Å². The first-order chi connectivity index (χ1) is 13.7. The van der Waals surface area contributed by atoms with Crippen LogP contribution in [-0.4, -0.2) is 65.4 Å². The van der Waals surface area contributed by atoms with Gasteiger partial charge in [0.1, 0.15) is 18.2 Å². The number of hydrogen-bond acceptors (Lipinski definition) is 6. The van der Waals surface area contributed by atoms with Crippen LogP contribution in [0.4, 0.5) is 0 Å². The van der Waals surface area contributed by atoms with E-state index in [2.05, 4.69) is 14.9 Å². The molecule has 0 bridgehead atoms. The van der Waals surface area contributed by atoms with Gasteiger partial charge in [-0.05, 0) is 30.3 Å². The molecule has 1 fully saturated rings. The Hall–Kier alpha value is -2.94. The number of aromatic amines is 1. The van der Waals surface area contributed by atoms with E-state index < -0.39 is 5.91 Å². The fourth-order valence-electron chi connectivity index (χ4n) is 3.24. The lowest BCUT2D eigenvalue weighted by Gasteiger charge is -2.26. The molecule has 0 spiro atoms. The first-order valence-electron chi connectivity index (χ1n) is 9.21. The second-order valence-electron chi connectivity index (χ2n) is 6.56. The van der Waals surface area contributed by atoms with Crippen molar-refractivity contribution in [2.75, 3.05) is 39.5 Å². The predicted octanol–water partition coefficient (Wildman–Crippen LogP) is 2.06. The highest BCUT2D eigenvalue weighted by Gasteiger charge is 2.14. The molecule has 8 heteroatoms. The van der Waals surface area contributed by atoms with Crippen molar-refractivity contribution in [3.05, 3.63) is 48.0 Å². The molecule has 2 aromatic carbocycles. The Morgan fingerprint density at radius 3 is 2.89 bits per heavy atom. The Morgan fingerprint density at radius 1 is 1.25 bits per heavy atom. The molecule has 146 valence electrons. The van der Waals surface area contributed by atoms with Crippen molar-refractivity contribution in [3.63, 3.8) is 0 Å². The molecule has 1 aliphatic heterocycles. The van der Waals surface area contributed by atoms with Gasteiger partial charge in [0, 0.05) is 25.2 Å². The van der Waals surface area contributed by atoms with E-state index in [0.29, 0.717) is 23.5 Å². The number of imidazole rings is 1. The maximum absolute atomic E-state index is 11.6. The Bertz CT molecular complexity index is 966. The van der Waals surface area contributed by atoms with E-state index >= 15 is 0 Å². The zero-order chi connectivity index (χ0) is 19.3. The number of carbonyl (C=O) groups is 1. The number of nitrogens with one attached hydrogen (secondary N) is 2. The lowest BCUT2D eigenvalue weighted by molar-refractivity contribution is 0.0323. The van der Waals surface area contributed by atoms with Crippen LogP contribution in [-0.2, 0) is 4.74 Å². The number of ether oxygens (including phenoxy) is 2. The largest absolute Gasteiger partial charge is 0.491 e. The number of para-hydroxylation sites is 1. The molecule has 1 aromatic heterocycles.